The van der Waals surface area contributed by atoms with Crippen LogP contribution in [0.5, 0.6) is 0 Å². The fourth-order valence-corrected chi connectivity index (χ4v) is 2.55. The van der Waals surface area contributed by atoms with Gasteiger partial charge in [-0.3, -0.25) is 0 Å². The molecule has 17 heavy (non-hydrogen) atoms. The molecule has 0 aliphatic rings. The van der Waals surface area contributed by atoms with Gasteiger partial charge in [0, 0.05) is 0 Å². The number of primary sulfonamides is 1. The van der Waals surface area contributed by atoms with Gasteiger partial charge in [0.05, 0.1) is 27.2 Å². The summed E-state index contributed by atoms with van der Waals surface area (Å²) in [6.07, 6.45) is 0. The summed E-state index contributed by atoms with van der Waals surface area (Å²) < 4.78 is 48.3. The van der Waals surface area contributed by atoms with Crippen molar-refractivity contribution in [3.05, 3.63) is 29.0 Å². The first-order valence-corrected chi connectivity index (χ1v) is 7.78. The summed E-state index contributed by atoms with van der Waals surface area (Å²) in [5, 5.41) is 4.92. The SMILES string of the molecule is NS(=O)(=O)c1cccc([N-]S(=O)(=O)CC[NH3+])c1. The molecule has 0 spiro atoms. The number of hydrogen-bond donors (Lipinski definition) is 2. The van der Waals surface area contributed by atoms with E-state index in [1.54, 1.807) is 0 Å². The first-order chi connectivity index (χ1) is 7.74. The molecule has 0 fully saturated rings. The molecule has 9 heteroatoms. The first kappa shape index (κ1) is 13.9. The highest BCUT2D eigenvalue weighted by atomic mass is 32.2. The van der Waals surface area contributed by atoms with Gasteiger partial charge in [0.25, 0.3) is 0 Å². The number of nitrogens with two attached hydrogens (primary N) is 1. The lowest BCUT2D eigenvalue weighted by molar-refractivity contribution is -0.360. The Hall–Kier alpha value is -1.16. The van der Waals surface area contributed by atoms with Crippen molar-refractivity contribution in [1.29, 1.82) is 0 Å². The van der Waals surface area contributed by atoms with Gasteiger partial charge >= 0.3 is 0 Å². The molecule has 1 aromatic rings. The highest BCUT2D eigenvalue weighted by Gasteiger charge is 2.06. The van der Waals surface area contributed by atoms with E-state index in [9.17, 15) is 16.8 Å². The minimum Gasteiger partial charge on any atom is -0.577 e. The van der Waals surface area contributed by atoms with Crippen molar-refractivity contribution in [2.45, 2.75) is 4.90 Å². The fourth-order valence-electron chi connectivity index (χ4n) is 1.11. The maximum absolute atomic E-state index is 11.4. The number of hydrogen-bond acceptors (Lipinski definition) is 4. The molecule has 0 saturated carbocycles. The molecular weight excluding hydrogens is 266 g/mol. The Morgan fingerprint density at radius 3 is 2.41 bits per heavy atom. The number of quaternary nitrogens is 1. The maximum atomic E-state index is 11.4. The van der Waals surface area contributed by atoms with E-state index in [1.165, 1.54) is 18.2 Å². The highest BCUT2D eigenvalue weighted by molar-refractivity contribution is 7.94. The molecule has 0 heterocycles. The van der Waals surface area contributed by atoms with E-state index >= 15 is 0 Å². The topological polar surface area (TPSA) is 136 Å². The average Bonchev–Trinajstić information content (AvgIpc) is 2.15. The van der Waals surface area contributed by atoms with E-state index in [1.807, 2.05) is 0 Å². The molecule has 0 radical (unpaired) electrons. The molecule has 7 nitrogen and oxygen atoms in total. The molecule has 0 aliphatic carbocycles. The first-order valence-electron chi connectivity index (χ1n) is 4.62. The summed E-state index contributed by atoms with van der Waals surface area (Å²) in [6, 6.07) is 5.13. The van der Waals surface area contributed by atoms with Gasteiger partial charge in [-0.05, 0) is 6.07 Å². The second-order valence-corrected chi connectivity index (χ2v) is 6.59. The van der Waals surface area contributed by atoms with E-state index in [-0.39, 0.29) is 22.9 Å². The summed E-state index contributed by atoms with van der Waals surface area (Å²) >= 11 is 0. The standard InChI is InChI=1S/C8H12N3O4S2/c9-4-5-16(12,13)11-7-2-1-3-8(6-7)17(10,14)15/h1-3,6H,4-5,9H2,(H2,10,14,15)/q-1/p+1. The smallest absolute Gasteiger partial charge is 0.238 e. The Kier molecular flexibility index (Phi) is 4.09. The van der Waals surface area contributed by atoms with Gasteiger partial charge in [-0.15, -0.1) is 5.69 Å². The summed E-state index contributed by atoms with van der Waals surface area (Å²) in [5.41, 5.74) is 3.45. The van der Waals surface area contributed by atoms with Crippen molar-refractivity contribution in [3.8, 4) is 0 Å². The Bertz CT molecular complexity index is 595. The summed E-state index contributed by atoms with van der Waals surface area (Å²) in [7, 11) is -7.48. The molecule has 0 saturated heterocycles. The van der Waals surface area contributed by atoms with Crippen molar-refractivity contribution >= 4 is 25.7 Å². The van der Waals surface area contributed by atoms with Gasteiger partial charge < -0.3 is 10.5 Å². The van der Waals surface area contributed by atoms with E-state index in [0.29, 0.717) is 0 Å². The van der Waals surface area contributed by atoms with Crippen molar-refractivity contribution in [3.63, 3.8) is 0 Å². The Morgan fingerprint density at radius 2 is 1.88 bits per heavy atom. The Balaban J connectivity index is 3.03. The average molecular weight is 279 g/mol. The molecular formula is C8H13N3O4S2. The van der Waals surface area contributed by atoms with Crippen LogP contribution < -0.4 is 10.9 Å². The van der Waals surface area contributed by atoms with Crippen LogP contribution in [0.1, 0.15) is 0 Å². The third-order valence-electron chi connectivity index (χ3n) is 1.79. The van der Waals surface area contributed by atoms with Crippen LogP contribution in [0.3, 0.4) is 0 Å². The normalized spacial score (nSPS) is 12.4. The predicted octanol–water partition coefficient (Wildman–Crippen LogP) is -1.09. The lowest BCUT2D eigenvalue weighted by Gasteiger charge is -2.21. The van der Waals surface area contributed by atoms with E-state index in [0.717, 1.165) is 6.07 Å². The lowest BCUT2D eigenvalue weighted by atomic mass is 10.3. The molecule has 5 N–H and O–H groups in total. The van der Waals surface area contributed by atoms with Crippen molar-refractivity contribution in [2.24, 2.45) is 5.14 Å². The zero-order chi connectivity index (χ0) is 13.1. The van der Waals surface area contributed by atoms with Crippen LogP contribution in [0.2, 0.25) is 0 Å². The Labute approximate surface area is 99.9 Å². The van der Waals surface area contributed by atoms with Crippen molar-refractivity contribution in [1.82, 2.24) is 0 Å². The molecule has 1 aromatic carbocycles. The molecule has 0 aliphatic heterocycles. The van der Waals surface area contributed by atoms with Crippen LogP contribution in [0.4, 0.5) is 5.69 Å². The number of nitrogens with zero attached hydrogens (tertiary/aromatic N) is 1. The van der Waals surface area contributed by atoms with Gasteiger partial charge in [0.2, 0.25) is 10.0 Å². The van der Waals surface area contributed by atoms with Crippen LogP contribution in [0.25, 0.3) is 4.72 Å². The third kappa shape index (κ3) is 4.30. The van der Waals surface area contributed by atoms with Crippen LogP contribution in [-0.2, 0) is 20.0 Å². The summed E-state index contributed by atoms with van der Waals surface area (Å²) in [4.78, 5) is -0.177. The monoisotopic (exact) mass is 279 g/mol. The molecule has 96 valence electrons. The minimum absolute atomic E-state index is 0.0324. The quantitative estimate of drug-likeness (QED) is 0.707. The van der Waals surface area contributed by atoms with Crippen molar-refractivity contribution in [2.75, 3.05) is 12.3 Å². The van der Waals surface area contributed by atoms with Gasteiger partial charge in [0.15, 0.2) is 0 Å². The maximum Gasteiger partial charge on any atom is 0.238 e. The fraction of sp³-hybridized carbons (Fsp3) is 0.250. The predicted molar refractivity (Wildman–Crippen MR) is 62.4 cm³/mol. The number of rotatable bonds is 5. The van der Waals surface area contributed by atoms with Crippen LogP contribution >= 0.6 is 0 Å². The molecule has 0 amide bonds. The highest BCUT2D eigenvalue weighted by Crippen LogP contribution is 2.24. The zero-order valence-electron chi connectivity index (χ0n) is 8.90. The van der Waals surface area contributed by atoms with Crippen LogP contribution in [0, 0.1) is 0 Å². The number of benzene rings is 1. The second-order valence-electron chi connectivity index (χ2n) is 3.27. The largest absolute Gasteiger partial charge is 0.577 e. The van der Waals surface area contributed by atoms with Crippen LogP contribution in [0.15, 0.2) is 29.2 Å². The summed E-state index contributed by atoms with van der Waals surface area (Å²) in [5.74, 6) is -0.188. The van der Waals surface area contributed by atoms with Crippen molar-refractivity contribution < 1.29 is 22.6 Å². The molecule has 0 unspecified atom stereocenters. The molecule has 0 bridgehead atoms. The van der Waals surface area contributed by atoms with E-state index < -0.39 is 20.0 Å². The van der Waals surface area contributed by atoms with Gasteiger partial charge in [-0.1, -0.05) is 18.2 Å². The molecule has 1 rings (SSSR count). The Morgan fingerprint density at radius 1 is 1.24 bits per heavy atom. The van der Waals surface area contributed by atoms with Gasteiger partial charge in [0.1, 0.15) is 0 Å². The zero-order valence-corrected chi connectivity index (χ0v) is 10.5. The summed E-state index contributed by atoms with van der Waals surface area (Å²) in [6.45, 7) is 0.195. The third-order valence-corrected chi connectivity index (χ3v) is 4.00. The van der Waals surface area contributed by atoms with Gasteiger partial charge in [-0.25, -0.2) is 22.0 Å². The minimum atomic E-state index is -3.86. The second kappa shape index (κ2) is 5.00. The van der Waals surface area contributed by atoms with E-state index in [4.69, 9.17) is 5.14 Å². The molecule has 0 aromatic heterocycles. The lowest BCUT2D eigenvalue weighted by Crippen LogP contribution is -2.52. The molecule has 0 atom stereocenters. The van der Waals surface area contributed by atoms with E-state index in [2.05, 4.69) is 10.5 Å². The number of sulfonamides is 2. The van der Waals surface area contributed by atoms with Gasteiger partial charge in [-0.2, -0.15) is 0 Å². The van der Waals surface area contributed by atoms with Crippen LogP contribution in [-0.4, -0.2) is 29.1 Å².